The minimum absolute atomic E-state index is 0.184. The van der Waals surface area contributed by atoms with Crippen molar-refractivity contribution in [3.05, 3.63) is 29.5 Å². The molecule has 0 unspecified atom stereocenters. The topological polar surface area (TPSA) is 39.4 Å². The number of fused-ring (bicyclic) bond motifs is 2. The number of aryl methyl sites for hydroxylation is 1. The van der Waals surface area contributed by atoms with Crippen molar-refractivity contribution in [3.63, 3.8) is 0 Å². The van der Waals surface area contributed by atoms with Crippen LogP contribution in [0.5, 0.6) is 5.75 Å². The second kappa shape index (κ2) is 2.38. The molecule has 0 N–H and O–H groups in total. The minimum atomic E-state index is -0.184. The lowest BCUT2D eigenvalue weighted by Crippen LogP contribution is -2.00. The van der Waals surface area contributed by atoms with Crippen LogP contribution in [0.3, 0.4) is 0 Å². The first-order chi connectivity index (χ1) is 6.75. The van der Waals surface area contributed by atoms with Gasteiger partial charge in [0, 0.05) is 16.5 Å². The lowest BCUT2D eigenvalue weighted by atomic mass is 10.1. The Morgan fingerprint density at radius 1 is 1.43 bits per heavy atom. The molecule has 0 amide bonds. The molecule has 1 aromatic heterocycles. The van der Waals surface area contributed by atoms with Gasteiger partial charge in [-0.2, -0.15) is 0 Å². The van der Waals surface area contributed by atoms with Crippen molar-refractivity contribution in [1.82, 2.24) is 0 Å². The Hall–Kier alpha value is -1.77. The van der Waals surface area contributed by atoms with Crippen molar-refractivity contribution in [3.8, 4) is 5.75 Å². The van der Waals surface area contributed by atoms with E-state index in [9.17, 15) is 4.79 Å². The van der Waals surface area contributed by atoms with Gasteiger partial charge < -0.3 is 9.15 Å². The van der Waals surface area contributed by atoms with E-state index in [0.29, 0.717) is 12.2 Å². The maximum absolute atomic E-state index is 11.1. The van der Waals surface area contributed by atoms with E-state index in [1.165, 1.54) is 0 Å². The smallest absolute Gasteiger partial charge is 0.315 e. The molecule has 3 nitrogen and oxygen atoms in total. The molecular weight excluding hydrogens is 180 g/mol. The van der Waals surface area contributed by atoms with Gasteiger partial charge in [0.15, 0.2) is 0 Å². The molecule has 0 fully saturated rings. The first kappa shape index (κ1) is 7.62. The summed E-state index contributed by atoms with van der Waals surface area (Å²) in [6.45, 7) is 1.91. The largest absolute Gasteiger partial charge is 0.464 e. The molecule has 0 radical (unpaired) electrons. The molecular formula is C11H8O3. The highest BCUT2D eigenvalue weighted by Crippen LogP contribution is 2.35. The molecule has 0 saturated heterocycles. The van der Waals surface area contributed by atoms with Crippen molar-refractivity contribution >= 4 is 16.9 Å². The molecule has 70 valence electrons. The maximum Gasteiger partial charge on any atom is 0.315 e. The molecule has 0 spiro atoms. The third-order valence-corrected chi connectivity index (χ3v) is 2.55. The van der Waals surface area contributed by atoms with E-state index in [1.807, 2.05) is 19.1 Å². The first-order valence-electron chi connectivity index (χ1n) is 4.46. The highest BCUT2D eigenvalue weighted by atomic mass is 16.5. The Labute approximate surface area is 80.3 Å². The average molecular weight is 188 g/mol. The van der Waals surface area contributed by atoms with Gasteiger partial charge in [-0.05, 0) is 19.1 Å². The zero-order chi connectivity index (χ0) is 9.71. The number of benzene rings is 1. The highest BCUT2D eigenvalue weighted by Gasteiger charge is 2.24. The summed E-state index contributed by atoms with van der Waals surface area (Å²) >= 11 is 0. The molecule has 0 saturated carbocycles. The fourth-order valence-corrected chi connectivity index (χ4v) is 1.91. The molecule has 0 atom stereocenters. The zero-order valence-corrected chi connectivity index (χ0v) is 7.66. The standard InChI is InChI=1S/C11H8O3/c1-6-10-7(2-3-13-10)4-8-5-9(12)14-11(6)8/h2-4H,5H2,1H3. The van der Waals surface area contributed by atoms with Crippen LogP contribution >= 0.6 is 0 Å². The van der Waals surface area contributed by atoms with Crippen LogP contribution in [-0.4, -0.2) is 5.97 Å². The van der Waals surface area contributed by atoms with Crippen LogP contribution in [0.4, 0.5) is 0 Å². The number of carbonyl (C=O) groups excluding carboxylic acids is 1. The molecule has 1 aromatic carbocycles. The van der Waals surface area contributed by atoms with Crippen molar-refractivity contribution < 1.29 is 13.9 Å². The van der Waals surface area contributed by atoms with Gasteiger partial charge in [-0.3, -0.25) is 4.79 Å². The van der Waals surface area contributed by atoms with Gasteiger partial charge in [-0.1, -0.05) is 0 Å². The quantitative estimate of drug-likeness (QED) is 0.470. The Morgan fingerprint density at radius 2 is 2.29 bits per heavy atom. The average Bonchev–Trinajstić information content (AvgIpc) is 2.71. The Balaban J connectivity index is 2.40. The van der Waals surface area contributed by atoms with Crippen LogP contribution < -0.4 is 4.74 Å². The van der Waals surface area contributed by atoms with E-state index >= 15 is 0 Å². The van der Waals surface area contributed by atoms with E-state index in [2.05, 4.69) is 0 Å². The summed E-state index contributed by atoms with van der Waals surface area (Å²) in [5, 5.41) is 1.03. The molecule has 0 bridgehead atoms. The van der Waals surface area contributed by atoms with Crippen molar-refractivity contribution in [1.29, 1.82) is 0 Å². The molecule has 2 aromatic rings. The second-order valence-electron chi connectivity index (χ2n) is 3.48. The summed E-state index contributed by atoms with van der Waals surface area (Å²) in [5.41, 5.74) is 2.67. The third-order valence-electron chi connectivity index (χ3n) is 2.55. The lowest BCUT2D eigenvalue weighted by Gasteiger charge is -2.02. The zero-order valence-electron chi connectivity index (χ0n) is 7.66. The first-order valence-corrected chi connectivity index (χ1v) is 4.46. The Bertz CT molecular complexity index is 537. The van der Waals surface area contributed by atoms with E-state index in [0.717, 1.165) is 22.1 Å². The van der Waals surface area contributed by atoms with Crippen molar-refractivity contribution in [2.24, 2.45) is 0 Å². The van der Waals surface area contributed by atoms with E-state index in [-0.39, 0.29) is 5.97 Å². The molecule has 3 heteroatoms. The SMILES string of the molecule is Cc1c2c(cc3ccoc13)CC(=O)O2. The number of ether oxygens (including phenoxy) is 1. The number of carbonyl (C=O) groups is 1. The predicted molar refractivity (Wildman–Crippen MR) is 50.3 cm³/mol. The van der Waals surface area contributed by atoms with E-state index in [1.54, 1.807) is 6.26 Å². The highest BCUT2D eigenvalue weighted by molar-refractivity contribution is 5.90. The monoisotopic (exact) mass is 188 g/mol. The summed E-state index contributed by atoms with van der Waals surface area (Å²) in [4.78, 5) is 11.1. The number of esters is 1. The Morgan fingerprint density at radius 3 is 3.14 bits per heavy atom. The molecule has 0 aliphatic carbocycles. The summed E-state index contributed by atoms with van der Waals surface area (Å²) in [5.74, 6) is 0.494. The lowest BCUT2D eigenvalue weighted by molar-refractivity contribution is -0.131. The van der Waals surface area contributed by atoms with Crippen LogP contribution in [0.1, 0.15) is 11.1 Å². The van der Waals surface area contributed by atoms with Gasteiger partial charge in [0.05, 0.1) is 12.7 Å². The number of rotatable bonds is 0. The number of furan rings is 1. The maximum atomic E-state index is 11.1. The van der Waals surface area contributed by atoms with Crippen LogP contribution in [0, 0.1) is 6.92 Å². The summed E-state index contributed by atoms with van der Waals surface area (Å²) in [6, 6.07) is 3.84. The minimum Gasteiger partial charge on any atom is -0.464 e. The summed E-state index contributed by atoms with van der Waals surface area (Å²) < 4.78 is 10.4. The second-order valence-corrected chi connectivity index (χ2v) is 3.48. The molecule has 1 aliphatic heterocycles. The summed E-state index contributed by atoms with van der Waals surface area (Å²) in [6.07, 6.45) is 2.02. The van der Waals surface area contributed by atoms with E-state index in [4.69, 9.17) is 9.15 Å². The van der Waals surface area contributed by atoms with Crippen LogP contribution in [0.25, 0.3) is 11.0 Å². The van der Waals surface area contributed by atoms with E-state index < -0.39 is 0 Å². The van der Waals surface area contributed by atoms with Gasteiger partial charge in [-0.15, -0.1) is 0 Å². The fraction of sp³-hybridized carbons (Fsp3) is 0.182. The van der Waals surface area contributed by atoms with Gasteiger partial charge in [0.2, 0.25) is 0 Å². The van der Waals surface area contributed by atoms with Gasteiger partial charge in [-0.25, -0.2) is 0 Å². The van der Waals surface area contributed by atoms with Crippen LogP contribution in [-0.2, 0) is 11.2 Å². The molecule has 3 rings (SSSR count). The number of hydrogen-bond donors (Lipinski definition) is 0. The van der Waals surface area contributed by atoms with Gasteiger partial charge >= 0.3 is 5.97 Å². The summed E-state index contributed by atoms with van der Waals surface area (Å²) in [7, 11) is 0. The van der Waals surface area contributed by atoms with Crippen molar-refractivity contribution in [2.75, 3.05) is 0 Å². The van der Waals surface area contributed by atoms with Gasteiger partial charge in [0.1, 0.15) is 11.3 Å². The normalized spacial score (nSPS) is 14.5. The molecule has 2 heterocycles. The van der Waals surface area contributed by atoms with Gasteiger partial charge in [0.25, 0.3) is 0 Å². The predicted octanol–water partition coefficient (Wildman–Crippen LogP) is 2.20. The van der Waals surface area contributed by atoms with Crippen LogP contribution in [0.2, 0.25) is 0 Å². The molecule has 14 heavy (non-hydrogen) atoms. The Kier molecular flexibility index (Phi) is 1.29. The van der Waals surface area contributed by atoms with Crippen LogP contribution in [0.15, 0.2) is 22.8 Å². The fourth-order valence-electron chi connectivity index (χ4n) is 1.91. The third kappa shape index (κ3) is 0.839. The number of hydrogen-bond acceptors (Lipinski definition) is 3. The van der Waals surface area contributed by atoms with Crippen molar-refractivity contribution in [2.45, 2.75) is 13.3 Å². The molecule has 1 aliphatic rings.